The summed E-state index contributed by atoms with van der Waals surface area (Å²) in [5.41, 5.74) is 1.88. The first kappa shape index (κ1) is 31.3. The first-order valence-corrected chi connectivity index (χ1v) is 14.1. The highest BCUT2D eigenvalue weighted by Crippen LogP contribution is 2.56. The van der Waals surface area contributed by atoms with E-state index in [1.807, 2.05) is 12.1 Å². The summed E-state index contributed by atoms with van der Waals surface area (Å²) in [6.45, 7) is 24.4. The van der Waals surface area contributed by atoms with E-state index in [1.54, 1.807) is 11.9 Å². The van der Waals surface area contributed by atoms with Crippen molar-refractivity contribution in [3.8, 4) is 0 Å². The summed E-state index contributed by atoms with van der Waals surface area (Å²) < 4.78 is 0. The van der Waals surface area contributed by atoms with E-state index in [4.69, 9.17) is 0 Å². The molecule has 2 atom stereocenters. The third-order valence-electron chi connectivity index (χ3n) is 8.96. The monoisotopic (exact) mass is 514 g/mol. The zero-order valence-electron chi connectivity index (χ0n) is 25.6. The van der Waals surface area contributed by atoms with E-state index in [1.165, 1.54) is 5.56 Å². The third-order valence-corrected chi connectivity index (χ3v) is 8.96. The van der Waals surface area contributed by atoms with Crippen LogP contribution in [0.3, 0.4) is 0 Å². The summed E-state index contributed by atoms with van der Waals surface area (Å²) in [5, 5.41) is 9.20. The van der Waals surface area contributed by atoms with Crippen LogP contribution in [0.5, 0.6) is 0 Å². The molecule has 1 heterocycles. The van der Waals surface area contributed by atoms with Crippen molar-refractivity contribution in [2.45, 2.75) is 107 Å². The Bertz CT molecular complexity index is 919. The molecular formula is C32H54N2O3. The molecule has 1 aromatic carbocycles. The number of aliphatic hydroxyl groups excluding tert-OH is 1. The average molecular weight is 515 g/mol. The van der Waals surface area contributed by atoms with Gasteiger partial charge in [-0.1, -0.05) is 81.4 Å². The number of aliphatic hydroxyl groups is 1. The van der Waals surface area contributed by atoms with Crippen LogP contribution in [0, 0.1) is 21.7 Å². The van der Waals surface area contributed by atoms with E-state index < -0.39 is 0 Å². The standard InChI is InChI=1S/C32H54N2O3/c1-29(2,3)21-25(23-14-16-24(17-15-23)28(37)33(11)19-20-35)32(9,10)31(7,8)22-26(30(4,5)6)34-18-12-13-27(34)36/h14-17,25-26,35H,12-13,18-22H2,1-11H3. The fraction of sp³-hybridized carbons (Fsp3) is 0.750. The molecule has 2 amide bonds. The lowest BCUT2D eigenvalue weighted by atomic mass is 9.54. The number of likely N-dealkylation sites (tertiary alicyclic amines) is 1. The molecule has 1 N–H and O–H groups in total. The van der Waals surface area contributed by atoms with Gasteiger partial charge in [-0.2, -0.15) is 0 Å². The lowest BCUT2D eigenvalue weighted by Gasteiger charge is -2.52. The van der Waals surface area contributed by atoms with Crippen molar-refractivity contribution in [1.82, 2.24) is 9.80 Å². The summed E-state index contributed by atoms with van der Waals surface area (Å²) >= 11 is 0. The Kier molecular flexibility index (Phi) is 9.72. The van der Waals surface area contributed by atoms with E-state index in [2.05, 4.69) is 86.3 Å². The molecule has 0 spiro atoms. The SMILES string of the molecule is CN(CCO)C(=O)c1ccc(C(CC(C)(C)C)C(C)(C)C(C)(C)CC(N2CCCC2=O)C(C)(C)C)cc1. The van der Waals surface area contributed by atoms with Crippen molar-refractivity contribution in [1.29, 1.82) is 0 Å². The number of hydrogen-bond acceptors (Lipinski definition) is 3. The fourth-order valence-electron chi connectivity index (χ4n) is 5.83. The van der Waals surface area contributed by atoms with E-state index in [9.17, 15) is 14.7 Å². The van der Waals surface area contributed by atoms with Crippen LogP contribution in [0.15, 0.2) is 24.3 Å². The highest BCUT2D eigenvalue weighted by Gasteiger charge is 2.48. The molecule has 5 heteroatoms. The van der Waals surface area contributed by atoms with Crippen LogP contribution >= 0.6 is 0 Å². The Labute approximate surface area is 227 Å². The Morgan fingerprint density at radius 3 is 1.97 bits per heavy atom. The van der Waals surface area contributed by atoms with Gasteiger partial charge in [0, 0.05) is 38.2 Å². The minimum atomic E-state index is -0.0776. The number of benzene rings is 1. The maximum absolute atomic E-state index is 12.8. The molecule has 1 aromatic rings. The molecule has 0 saturated carbocycles. The summed E-state index contributed by atoms with van der Waals surface area (Å²) in [6.07, 6.45) is 3.59. The number of likely N-dealkylation sites (N-methyl/N-ethyl adjacent to an activating group) is 1. The predicted molar refractivity (Wildman–Crippen MR) is 154 cm³/mol. The predicted octanol–water partition coefficient (Wildman–Crippen LogP) is 6.75. The number of carbonyl (C=O) groups is 2. The van der Waals surface area contributed by atoms with Gasteiger partial charge in [0.1, 0.15) is 0 Å². The minimum Gasteiger partial charge on any atom is -0.395 e. The molecule has 0 radical (unpaired) electrons. The third kappa shape index (κ3) is 7.59. The van der Waals surface area contributed by atoms with Gasteiger partial charge in [0.2, 0.25) is 5.91 Å². The Morgan fingerprint density at radius 1 is 0.973 bits per heavy atom. The summed E-state index contributed by atoms with van der Waals surface area (Å²) in [5.74, 6) is 0.499. The van der Waals surface area contributed by atoms with Crippen molar-refractivity contribution < 1.29 is 14.7 Å². The Balaban J connectivity index is 2.45. The first-order chi connectivity index (χ1) is 16.8. The number of amides is 2. The maximum Gasteiger partial charge on any atom is 0.253 e. The van der Waals surface area contributed by atoms with Crippen LogP contribution in [0.4, 0.5) is 0 Å². The largest absolute Gasteiger partial charge is 0.395 e. The molecule has 0 aliphatic carbocycles. The molecule has 210 valence electrons. The van der Waals surface area contributed by atoms with Crippen molar-refractivity contribution in [2.75, 3.05) is 26.7 Å². The van der Waals surface area contributed by atoms with Gasteiger partial charge < -0.3 is 14.9 Å². The smallest absolute Gasteiger partial charge is 0.253 e. The van der Waals surface area contributed by atoms with Gasteiger partial charge in [0.05, 0.1) is 6.61 Å². The summed E-state index contributed by atoms with van der Waals surface area (Å²) in [7, 11) is 1.72. The van der Waals surface area contributed by atoms with Gasteiger partial charge in [0.25, 0.3) is 5.91 Å². The second kappa shape index (κ2) is 11.5. The molecule has 1 fully saturated rings. The van der Waals surface area contributed by atoms with Crippen LogP contribution in [0.1, 0.15) is 117 Å². The Morgan fingerprint density at radius 2 is 1.54 bits per heavy atom. The van der Waals surface area contributed by atoms with Crippen LogP contribution in [0.25, 0.3) is 0 Å². The van der Waals surface area contributed by atoms with Crippen molar-refractivity contribution >= 4 is 11.8 Å². The van der Waals surface area contributed by atoms with Crippen LogP contribution in [-0.2, 0) is 4.79 Å². The van der Waals surface area contributed by atoms with Crippen LogP contribution in [0.2, 0.25) is 0 Å². The summed E-state index contributed by atoms with van der Waals surface area (Å²) in [6, 6.07) is 8.31. The lowest BCUT2D eigenvalue weighted by molar-refractivity contribution is -0.133. The van der Waals surface area contributed by atoms with Crippen molar-refractivity contribution in [3.05, 3.63) is 35.4 Å². The normalized spacial score (nSPS) is 17.2. The average Bonchev–Trinajstić information content (AvgIpc) is 3.19. The van der Waals surface area contributed by atoms with Crippen LogP contribution in [-0.4, -0.2) is 59.5 Å². The molecule has 0 aromatic heterocycles. The molecular weight excluding hydrogens is 460 g/mol. The van der Waals surface area contributed by atoms with Crippen LogP contribution < -0.4 is 0 Å². The number of rotatable bonds is 10. The lowest BCUT2D eigenvalue weighted by Crippen LogP contribution is -2.50. The zero-order valence-corrected chi connectivity index (χ0v) is 25.6. The minimum absolute atomic E-state index is 0.00448. The number of carbonyl (C=O) groups excluding carboxylic acids is 2. The molecule has 5 nitrogen and oxygen atoms in total. The highest BCUT2D eigenvalue weighted by atomic mass is 16.3. The van der Waals surface area contributed by atoms with Gasteiger partial charge in [0.15, 0.2) is 0 Å². The fourth-order valence-corrected chi connectivity index (χ4v) is 5.83. The number of hydrogen-bond donors (Lipinski definition) is 1. The number of nitrogens with zero attached hydrogens (tertiary/aromatic N) is 2. The molecule has 2 rings (SSSR count). The topological polar surface area (TPSA) is 60.9 Å². The zero-order chi connectivity index (χ0) is 28.4. The molecule has 1 saturated heterocycles. The van der Waals surface area contributed by atoms with Crippen molar-refractivity contribution in [3.63, 3.8) is 0 Å². The molecule has 0 bridgehead atoms. The molecule has 2 unspecified atom stereocenters. The second-order valence-electron chi connectivity index (χ2n) is 14.8. The van der Waals surface area contributed by atoms with Gasteiger partial charge >= 0.3 is 0 Å². The molecule has 37 heavy (non-hydrogen) atoms. The first-order valence-electron chi connectivity index (χ1n) is 14.1. The van der Waals surface area contributed by atoms with E-state index in [0.717, 1.165) is 25.8 Å². The van der Waals surface area contributed by atoms with Crippen molar-refractivity contribution in [2.24, 2.45) is 21.7 Å². The van der Waals surface area contributed by atoms with Gasteiger partial charge in [-0.25, -0.2) is 0 Å². The Hall–Kier alpha value is -1.88. The van der Waals surface area contributed by atoms with E-state index in [-0.39, 0.29) is 46.1 Å². The second-order valence-corrected chi connectivity index (χ2v) is 14.8. The van der Waals surface area contributed by atoms with E-state index in [0.29, 0.717) is 24.4 Å². The summed E-state index contributed by atoms with van der Waals surface area (Å²) in [4.78, 5) is 29.3. The molecule has 1 aliphatic heterocycles. The molecule has 1 aliphatic rings. The van der Waals surface area contributed by atoms with Gasteiger partial charge in [-0.15, -0.1) is 0 Å². The van der Waals surface area contributed by atoms with E-state index >= 15 is 0 Å². The highest BCUT2D eigenvalue weighted by molar-refractivity contribution is 5.94. The van der Waals surface area contributed by atoms with Gasteiger partial charge in [-0.3, -0.25) is 9.59 Å². The quantitative estimate of drug-likeness (QED) is 0.376. The maximum atomic E-state index is 12.8. The van der Waals surface area contributed by atoms with Gasteiger partial charge in [-0.05, 0) is 64.5 Å².